The van der Waals surface area contributed by atoms with E-state index in [-0.39, 0.29) is 5.41 Å². The molecule has 2 heterocycles. The van der Waals surface area contributed by atoms with Gasteiger partial charge in [0.1, 0.15) is 11.5 Å². The summed E-state index contributed by atoms with van der Waals surface area (Å²) < 4.78 is 16.3. The van der Waals surface area contributed by atoms with Gasteiger partial charge in [-0.3, -0.25) is 4.99 Å². The Morgan fingerprint density at radius 3 is 2.54 bits per heavy atom. The zero-order valence-corrected chi connectivity index (χ0v) is 15.5. The lowest BCUT2D eigenvalue weighted by molar-refractivity contribution is 0.0513. The Hall–Kier alpha value is -2.47. The van der Waals surface area contributed by atoms with E-state index in [0.717, 1.165) is 50.1 Å². The van der Waals surface area contributed by atoms with Crippen LogP contribution in [0.1, 0.15) is 24.2 Å². The van der Waals surface area contributed by atoms with E-state index in [1.54, 1.807) is 20.4 Å². The normalized spacial score (nSPS) is 16.9. The molecule has 26 heavy (non-hydrogen) atoms. The van der Waals surface area contributed by atoms with Crippen molar-refractivity contribution in [3.05, 3.63) is 54.0 Å². The van der Waals surface area contributed by atoms with Crippen molar-refractivity contribution in [1.29, 1.82) is 0 Å². The molecule has 1 aromatic heterocycles. The maximum absolute atomic E-state index is 5.61. The van der Waals surface area contributed by atoms with Crippen molar-refractivity contribution < 1.29 is 13.9 Å². The van der Waals surface area contributed by atoms with Gasteiger partial charge in [-0.15, -0.1) is 0 Å². The Balaban J connectivity index is 1.67. The highest BCUT2D eigenvalue weighted by molar-refractivity contribution is 5.79. The molecule has 2 N–H and O–H groups in total. The molecule has 0 aliphatic carbocycles. The van der Waals surface area contributed by atoms with Crippen molar-refractivity contribution in [3.63, 3.8) is 0 Å². The Kier molecular flexibility index (Phi) is 6.17. The van der Waals surface area contributed by atoms with Crippen LogP contribution in [-0.2, 0) is 16.7 Å². The molecular formula is C20H27N3O3. The molecule has 6 nitrogen and oxygen atoms in total. The molecule has 0 saturated carbocycles. The monoisotopic (exact) mass is 357 g/mol. The quantitative estimate of drug-likeness (QED) is 0.615. The first-order chi connectivity index (χ1) is 12.8. The average Bonchev–Trinajstić information content (AvgIpc) is 3.22. The molecule has 0 spiro atoms. The smallest absolute Gasteiger partial charge is 0.191 e. The minimum absolute atomic E-state index is 0.0207. The number of nitrogens with one attached hydrogen (secondary N) is 2. The third-order valence-corrected chi connectivity index (χ3v) is 4.98. The molecule has 140 valence electrons. The molecule has 2 aromatic rings. The van der Waals surface area contributed by atoms with Crippen molar-refractivity contribution in [3.8, 4) is 5.75 Å². The zero-order valence-electron chi connectivity index (χ0n) is 15.5. The van der Waals surface area contributed by atoms with Crippen LogP contribution < -0.4 is 15.4 Å². The predicted molar refractivity (Wildman–Crippen MR) is 102 cm³/mol. The van der Waals surface area contributed by atoms with Gasteiger partial charge >= 0.3 is 0 Å². The molecule has 1 saturated heterocycles. The van der Waals surface area contributed by atoms with Gasteiger partial charge in [-0.2, -0.15) is 0 Å². The summed E-state index contributed by atoms with van der Waals surface area (Å²) in [6, 6.07) is 12.2. The van der Waals surface area contributed by atoms with E-state index >= 15 is 0 Å². The van der Waals surface area contributed by atoms with E-state index < -0.39 is 0 Å². The first kappa shape index (κ1) is 18.3. The highest BCUT2D eigenvalue weighted by atomic mass is 16.5. The van der Waals surface area contributed by atoms with E-state index in [1.165, 1.54) is 5.56 Å². The van der Waals surface area contributed by atoms with Crippen LogP contribution in [0.4, 0.5) is 0 Å². The second-order valence-electron chi connectivity index (χ2n) is 6.48. The van der Waals surface area contributed by atoms with Gasteiger partial charge in [0.15, 0.2) is 5.96 Å². The fourth-order valence-corrected chi connectivity index (χ4v) is 3.33. The lowest BCUT2D eigenvalue weighted by Crippen LogP contribution is -2.47. The van der Waals surface area contributed by atoms with E-state index in [2.05, 4.69) is 27.8 Å². The molecule has 3 rings (SSSR count). The molecule has 0 bridgehead atoms. The Morgan fingerprint density at radius 2 is 1.92 bits per heavy atom. The van der Waals surface area contributed by atoms with E-state index in [0.29, 0.717) is 6.54 Å². The first-order valence-electron chi connectivity index (χ1n) is 8.95. The van der Waals surface area contributed by atoms with Crippen LogP contribution in [0.2, 0.25) is 0 Å². The molecular weight excluding hydrogens is 330 g/mol. The SMILES string of the molecule is CN=C(NCc1ccco1)NCC1(c2ccc(OC)cc2)CCOCC1. The molecule has 1 aliphatic rings. The fourth-order valence-electron chi connectivity index (χ4n) is 3.33. The number of ether oxygens (including phenoxy) is 2. The number of nitrogens with zero attached hydrogens (tertiary/aromatic N) is 1. The number of methoxy groups -OCH3 is 1. The molecule has 0 unspecified atom stereocenters. The van der Waals surface area contributed by atoms with Crippen molar-refractivity contribution in [2.75, 3.05) is 33.9 Å². The van der Waals surface area contributed by atoms with Crippen molar-refractivity contribution in [1.82, 2.24) is 10.6 Å². The summed E-state index contributed by atoms with van der Waals surface area (Å²) in [6.45, 7) is 2.93. The van der Waals surface area contributed by atoms with Gasteiger partial charge in [-0.1, -0.05) is 12.1 Å². The molecule has 0 radical (unpaired) electrons. The Labute approximate surface area is 154 Å². The van der Waals surface area contributed by atoms with Gasteiger partial charge in [0.25, 0.3) is 0 Å². The lowest BCUT2D eigenvalue weighted by Gasteiger charge is -2.38. The zero-order chi connectivity index (χ0) is 18.2. The molecule has 0 amide bonds. The lowest BCUT2D eigenvalue weighted by atomic mass is 9.74. The van der Waals surface area contributed by atoms with Crippen molar-refractivity contribution >= 4 is 5.96 Å². The minimum atomic E-state index is 0.0207. The van der Waals surface area contributed by atoms with Crippen LogP contribution in [0.15, 0.2) is 52.1 Å². The number of aliphatic imine (C=N–C) groups is 1. The van der Waals surface area contributed by atoms with Gasteiger partial charge in [-0.25, -0.2) is 0 Å². The third kappa shape index (κ3) is 4.38. The number of hydrogen-bond donors (Lipinski definition) is 2. The van der Waals surface area contributed by atoms with Crippen molar-refractivity contribution in [2.45, 2.75) is 24.8 Å². The maximum atomic E-state index is 5.61. The van der Waals surface area contributed by atoms with Gasteiger partial charge in [0.05, 0.1) is 19.9 Å². The first-order valence-corrected chi connectivity index (χ1v) is 8.95. The van der Waals surface area contributed by atoms with Gasteiger partial charge in [-0.05, 0) is 42.7 Å². The summed E-state index contributed by atoms with van der Waals surface area (Å²) in [7, 11) is 3.47. The number of guanidine groups is 1. The number of furan rings is 1. The summed E-state index contributed by atoms with van der Waals surface area (Å²) in [5.74, 6) is 2.52. The Bertz CT molecular complexity index is 690. The maximum Gasteiger partial charge on any atom is 0.191 e. The second kappa shape index (κ2) is 8.76. The summed E-state index contributed by atoms with van der Waals surface area (Å²) in [6.07, 6.45) is 3.62. The summed E-state index contributed by atoms with van der Waals surface area (Å²) >= 11 is 0. The van der Waals surface area contributed by atoms with Crippen LogP contribution in [0.5, 0.6) is 5.75 Å². The highest BCUT2D eigenvalue weighted by Gasteiger charge is 2.34. The van der Waals surface area contributed by atoms with E-state index in [4.69, 9.17) is 13.9 Å². The van der Waals surface area contributed by atoms with Crippen LogP contribution in [-0.4, -0.2) is 39.9 Å². The van der Waals surface area contributed by atoms with Crippen LogP contribution in [0.25, 0.3) is 0 Å². The van der Waals surface area contributed by atoms with Gasteiger partial charge in [0.2, 0.25) is 0 Å². The standard InChI is InChI=1S/C20H27N3O3/c1-21-19(22-14-18-4-3-11-26-18)23-15-20(9-12-25-13-10-20)16-5-7-17(24-2)8-6-16/h3-8,11H,9-10,12-15H2,1-2H3,(H2,21,22,23). The largest absolute Gasteiger partial charge is 0.497 e. The van der Waals surface area contributed by atoms with E-state index in [9.17, 15) is 0 Å². The van der Waals surface area contributed by atoms with Gasteiger partial charge in [0, 0.05) is 32.2 Å². The number of hydrogen-bond acceptors (Lipinski definition) is 4. The second-order valence-corrected chi connectivity index (χ2v) is 6.48. The van der Waals surface area contributed by atoms with Crippen LogP contribution >= 0.6 is 0 Å². The molecule has 6 heteroatoms. The summed E-state index contributed by atoms with van der Waals surface area (Å²) in [4.78, 5) is 4.33. The average molecular weight is 357 g/mol. The van der Waals surface area contributed by atoms with Gasteiger partial charge < -0.3 is 24.5 Å². The van der Waals surface area contributed by atoms with Crippen LogP contribution in [0, 0.1) is 0 Å². The topological polar surface area (TPSA) is 68.0 Å². The molecule has 1 fully saturated rings. The molecule has 1 aromatic carbocycles. The minimum Gasteiger partial charge on any atom is -0.497 e. The number of benzene rings is 1. The fraction of sp³-hybridized carbons (Fsp3) is 0.450. The summed E-state index contributed by atoms with van der Waals surface area (Å²) in [5.41, 5.74) is 1.32. The predicted octanol–water partition coefficient (Wildman–Crippen LogP) is 2.70. The number of rotatable bonds is 6. The third-order valence-electron chi connectivity index (χ3n) is 4.98. The summed E-state index contributed by atoms with van der Waals surface area (Å²) in [5, 5.41) is 6.77. The van der Waals surface area contributed by atoms with Crippen LogP contribution in [0.3, 0.4) is 0 Å². The Morgan fingerprint density at radius 1 is 1.15 bits per heavy atom. The molecule has 0 atom stereocenters. The molecule has 1 aliphatic heterocycles. The highest BCUT2D eigenvalue weighted by Crippen LogP contribution is 2.35. The van der Waals surface area contributed by atoms with Crippen molar-refractivity contribution in [2.24, 2.45) is 4.99 Å². The van der Waals surface area contributed by atoms with E-state index in [1.807, 2.05) is 24.3 Å².